The summed E-state index contributed by atoms with van der Waals surface area (Å²) in [6, 6.07) is 9.89. The van der Waals surface area contributed by atoms with Gasteiger partial charge in [-0.05, 0) is 68.5 Å². The zero-order valence-corrected chi connectivity index (χ0v) is 23.9. The molecule has 1 aromatic heterocycles. The molecule has 6 rings (SSSR count). The topological polar surface area (TPSA) is 96.7 Å². The first-order valence-corrected chi connectivity index (χ1v) is 14.6. The molecule has 3 fully saturated rings. The molecule has 9 nitrogen and oxygen atoms in total. The number of hydrogen-bond donors (Lipinski definition) is 1. The highest BCUT2D eigenvalue weighted by Gasteiger charge is 2.48. The molecular weight excluding hydrogens is 606 g/mol. The van der Waals surface area contributed by atoms with Gasteiger partial charge >= 0.3 is 12.4 Å². The van der Waals surface area contributed by atoms with Gasteiger partial charge in [0.05, 0.1) is 10.5 Å². The van der Waals surface area contributed by atoms with Crippen molar-refractivity contribution in [1.29, 1.82) is 0 Å². The van der Waals surface area contributed by atoms with Crippen molar-refractivity contribution in [1.82, 2.24) is 9.97 Å². The van der Waals surface area contributed by atoms with Crippen molar-refractivity contribution in [3.05, 3.63) is 76.1 Å². The highest BCUT2D eigenvalue weighted by molar-refractivity contribution is 5.56. The van der Waals surface area contributed by atoms with Crippen LogP contribution in [0.2, 0.25) is 0 Å². The Hall–Kier alpha value is -4.30. The molecule has 2 saturated heterocycles. The fourth-order valence-electron chi connectivity index (χ4n) is 6.51. The summed E-state index contributed by atoms with van der Waals surface area (Å²) in [5.74, 6) is 1.16. The second-order valence-corrected chi connectivity index (χ2v) is 12.0. The second kappa shape index (κ2) is 11.6. The quantitative estimate of drug-likeness (QED) is 0.169. The summed E-state index contributed by atoms with van der Waals surface area (Å²) in [7, 11) is 0. The van der Waals surface area contributed by atoms with Gasteiger partial charge in [-0.2, -0.15) is 26.3 Å². The Balaban J connectivity index is 0.991. The van der Waals surface area contributed by atoms with Crippen LogP contribution < -0.4 is 19.9 Å². The van der Waals surface area contributed by atoms with E-state index in [1.54, 1.807) is 6.07 Å². The van der Waals surface area contributed by atoms with E-state index < -0.39 is 34.1 Å². The lowest BCUT2D eigenvalue weighted by molar-refractivity contribution is -0.388. The maximum absolute atomic E-state index is 13.3. The summed E-state index contributed by atoms with van der Waals surface area (Å²) in [5.41, 5.74) is -1.94. The molecule has 1 N–H and O–H groups in total. The fraction of sp³-hybridized carbons (Fsp3) is 0.467. The predicted molar refractivity (Wildman–Crippen MR) is 153 cm³/mol. The van der Waals surface area contributed by atoms with Gasteiger partial charge in [0.25, 0.3) is 5.69 Å². The zero-order valence-electron chi connectivity index (χ0n) is 23.9. The zero-order chi connectivity index (χ0) is 32.0. The third kappa shape index (κ3) is 6.71. The number of ether oxygens (including phenoxy) is 1. The van der Waals surface area contributed by atoms with Crippen LogP contribution in [0.1, 0.15) is 43.2 Å². The minimum atomic E-state index is -4.84. The minimum absolute atomic E-state index is 0.0323. The third-order valence-corrected chi connectivity index (χ3v) is 8.83. The molecule has 1 aliphatic carbocycles. The molecule has 0 amide bonds. The first-order valence-electron chi connectivity index (χ1n) is 14.6. The van der Waals surface area contributed by atoms with Crippen LogP contribution in [-0.4, -0.2) is 53.2 Å². The number of nitrogens with zero attached hydrogens (tertiary/aromatic N) is 5. The third-order valence-electron chi connectivity index (χ3n) is 8.83. The normalized spacial score (nSPS) is 21.5. The van der Waals surface area contributed by atoms with Crippen molar-refractivity contribution < 1.29 is 36.0 Å². The standard InChI is InChI=1S/C30H30F6N6O3/c31-29(32,33)19-1-6-22(7-2-19)40-12-11-28(15-40)16-41(17-28)26-14-27(38-18-37-26)45-23-8-3-20(4-9-23)39-21-5-10-25(42(43)44)24(13-21)30(34,35)36/h1-2,5-7,10,13-14,18,20,23,39H,3-4,8-9,11-12,15-17H2. The van der Waals surface area contributed by atoms with Gasteiger partial charge in [-0.1, -0.05) is 0 Å². The Labute approximate surface area is 254 Å². The number of aromatic nitrogens is 2. The Bertz CT molecular complexity index is 1540. The lowest BCUT2D eigenvalue weighted by atomic mass is 9.79. The molecule has 0 unspecified atom stereocenters. The Morgan fingerprint density at radius 2 is 1.58 bits per heavy atom. The summed E-state index contributed by atoms with van der Waals surface area (Å²) in [6.07, 6.45) is -4.43. The summed E-state index contributed by atoms with van der Waals surface area (Å²) < 4.78 is 84.9. The molecule has 45 heavy (non-hydrogen) atoms. The van der Waals surface area contributed by atoms with E-state index in [1.807, 2.05) is 0 Å². The van der Waals surface area contributed by atoms with E-state index in [-0.39, 0.29) is 23.2 Å². The maximum Gasteiger partial charge on any atom is 0.423 e. The molecule has 0 bridgehead atoms. The van der Waals surface area contributed by atoms with E-state index >= 15 is 0 Å². The predicted octanol–water partition coefficient (Wildman–Crippen LogP) is 6.94. The molecule has 15 heteroatoms. The van der Waals surface area contributed by atoms with Gasteiger partial charge in [-0.25, -0.2) is 9.97 Å². The number of alkyl halides is 6. The molecule has 0 radical (unpaired) electrons. The summed E-state index contributed by atoms with van der Waals surface area (Å²) in [6.45, 7) is 3.03. The van der Waals surface area contributed by atoms with E-state index in [0.29, 0.717) is 31.6 Å². The smallest absolute Gasteiger partial charge is 0.423 e. The van der Waals surface area contributed by atoms with Crippen LogP contribution in [0.3, 0.4) is 0 Å². The first kappa shape index (κ1) is 30.7. The van der Waals surface area contributed by atoms with Gasteiger partial charge in [-0.15, -0.1) is 0 Å². The van der Waals surface area contributed by atoms with E-state index in [9.17, 15) is 36.5 Å². The number of nitrogens with one attached hydrogen (secondary N) is 1. The molecule has 1 saturated carbocycles. The Morgan fingerprint density at radius 3 is 2.22 bits per heavy atom. The van der Waals surface area contributed by atoms with Crippen LogP contribution in [0.5, 0.6) is 5.88 Å². The van der Waals surface area contributed by atoms with Gasteiger partial charge in [0.15, 0.2) is 0 Å². The van der Waals surface area contributed by atoms with Gasteiger partial charge in [0.2, 0.25) is 5.88 Å². The molecule has 240 valence electrons. The van der Waals surface area contributed by atoms with Crippen molar-refractivity contribution in [3.8, 4) is 5.88 Å². The molecule has 2 aliphatic heterocycles. The summed E-state index contributed by atoms with van der Waals surface area (Å²) in [4.78, 5) is 22.9. The minimum Gasteiger partial charge on any atom is -0.474 e. The Kier molecular flexibility index (Phi) is 7.89. The highest BCUT2D eigenvalue weighted by atomic mass is 19.4. The largest absolute Gasteiger partial charge is 0.474 e. The lowest BCUT2D eigenvalue weighted by Crippen LogP contribution is -2.58. The molecule has 3 heterocycles. The molecule has 3 aliphatic rings. The molecule has 1 spiro atoms. The summed E-state index contributed by atoms with van der Waals surface area (Å²) in [5, 5.41) is 14.1. The SMILES string of the molecule is O=[N+]([O-])c1ccc(NC2CCC(Oc3cc(N4CC5(CCN(c6ccc(C(F)(F)F)cc6)C5)C4)ncn3)CC2)cc1C(F)(F)F. The summed E-state index contributed by atoms with van der Waals surface area (Å²) >= 11 is 0. The van der Waals surface area contributed by atoms with E-state index in [1.165, 1.54) is 24.5 Å². The lowest BCUT2D eigenvalue weighted by Gasteiger charge is -2.48. The van der Waals surface area contributed by atoms with Crippen LogP contribution in [0.25, 0.3) is 0 Å². The van der Waals surface area contributed by atoms with Gasteiger partial charge < -0.3 is 19.9 Å². The average Bonchev–Trinajstić information content (AvgIpc) is 3.43. The van der Waals surface area contributed by atoms with Crippen molar-refractivity contribution in [2.24, 2.45) is 5.41 Å². The average molecular weight is 637 g/mol. The second-order valence-electron chi connectivity index (χ2n) is 12.0. The maximum atomic E-state index is 13.3. The van der Waals surface area contributed by atoms with Gasteiger partial charge in [0, 0.05) is 61.1 Å². The number of nitro benzene ring substituents is 1. The number of anilines is 3. The van der Waals surface area contributed by atoms with Crippen LogP contribution in [0.4, 0.5) is 49.2 Å². The van der Waals surface area contributed by atoms with Crippen molar-refractivity contribution in [3.63, 3.8) is 0 Å². The fourth-order valence-corrected chi connectivity index (χ4v) is 6.51. The number of halogens is 6. The molecule has 2 aromatic carbocycles. The van der Waals surface area contributed by atoms with Crippen molar-refractivity contribution >= 4 is 22.9 Å². The van der Waals surface area contributed by atoms with Gasteiger partial charge in [0.1, 0.15) is 23.8 Å². The monoisotopic (exact) mass is 636 g/mol. The molecular formula is C30H30F6N6O3. The highest BCUT2D eigenvalue weighted by Crippen LogP contribution is 2.43. The van der Waals surface area contributed by atoms with E-state index in [2.05, 4.69) is 25.1 Å². The Morgan fingerprint density at radius 1 is 0.889 bits per heavy atom. The van der Waals surface area contributed by atoms with Gasteiger partial charge in [-0.3, -0.25) is 10.1 Å². The number of rotatable bonds is 7. The van der Waals surface area contributed by atoms with Crippen molar-refractivity contribution in [2.75, 3.05) is 41.3 Å². The van der Waals surface area contributed by atoms with Crippen LogP contribution in [0.15, 0.2) is 54.9 Å². The number of hydrogen-bond acceptors (Lipinski definition) is 8. The van der Waals surface area contributed by atoms with Crippen molar-refractivity contribution in [2.45, 2.75) is 56.6 Å². The molecule has 0 atom stereocenters. The van der Waals surface area contributed by atoms with E-state index in [0.717, 1.165) is 68.4 Å². The number of nitro groups is 1. The van der Waals surface area contributed by atoms with E-state index in [4.69, 9.17) is 4.74 Å². The van der Waals surface area contributed by atoms with Crippen LogP contribution >= 0.6 is 0 Å². The first-order chi connectivity index (χ1) is 21.3. The van der Waals surface area contributed by atoms with Crippen LogP contribution in [-0.2, 0) is 12.4 Å². The molecule has 3 aromatic rings. The van der Waals surface area contributed by atoms with Crippen LogP contribution in [0, 0.1) is 15.5 Å². The number of benzene rings is 2.